The Balaban J connectivity index is 1.89. The molecule has 3 unspecified atom stereocenters. The van der Waals surface area contributed by atoms with E-state index in [-0.39, 0.29) is 17.6 Å². The van der Waals surface area contributed by atoms with Crippen LogP contribution in [0.5, 0.6) is 0 Å². The molecule has 2 amide bonds. The minimum atomic E-state index is -1.12. The Morgan fingerprint density at radius 1 is 1.32 bits per heavy atom. The zero-order chi connectivity index (χ0) is 16.1. The maximum atomic E-state index is 13.2. The van der Waals surface area contributed by atoms with Gasteiger partial charge in [0.2, 0.25) is 0 Å². The third-order valence-corrected chi connectivity index (χ3v) is 3.72. The Bertz CT molecular complexity index is 563. The molecule has 0 aliphatic heterocycles. The molecule has 0 bridgehead atoms. The molecule has 0 saturated heterocycles. The summed E-state index contributed by atoms with van der Waals surface area (Å²) in [5.41, 5.74) is 0.215. The number of hydrogen-bond donors (Lipinski definition) is 3. The van der Waals surface area contributed by atoms with Crippen LogP contribution in [-0.2, 0) is 0 Å². The Kier molecular flexibility index (Phi) is 5.49. The molecule has 22 heavy (non-hydrogen) atoms. The van der Waals surface area contributed by atoms with Crippen LogP contribution >= 0.6 is 0 Å². The second-order valence-corrected chi connectivity index (χ2v) is 5.51. The van der Waals surface area contributed by atoms with E-state index < -0.39 is 23.8 Å². The summed E-state index contributed by atoms with van der Waals surface area (Å²) in [6.07, 6.45) is 5.57. The summed E-state index contributed by atoms with van der Waals surface area (Å²) >= 11 is 0. The second kappa shape index (κ2) is 7.35. The highest BCUT2D eigenvalue weighted by Gasteiger charge is 2.21. The van der Waals surface area contributed by atoms with Crippen LogP contribution in [0, 0.1) is 11.6 Å². The quantitative estimate of drug-likeness (QED) is 0.749. The van der Waals surface area contributed by atoms with Gasteiger partial charge in [0, 0.05) is 6.04 Å². The molecule has 3 atom stereocenters. The minimum Gasteiger partial charge on any atom is -0.386 e. The van der Waals surface area contributed by atoms with Crippen molar-refractivity contribution in [2.24, 2.45) is 0 Å². The number of rotatable bonds is 4. The van der Waals surface area contributed by atoms with Crippen LogP contribution in [0.25, 0.3) is 0 Å². The monoisotopic (exact) mass is 310 g/mol. The zero-order valence-corrected chi connectivity index (χ0v) is 12.4. The normalized spacial score (nSPS) is 20.3. The van der Waals surface area contributed by atoms with Crippen LogP contribution in [0.1, 0.15) is 37.9 Å². The first kappa shape index (κ1) is 16.4. The van der Waals surface area contributed by atoms with E-state index in [9.17, 15) is 18.7 Å². The van der Waals surface area contributed by atoms with E-state index in [0.717, 1.165) is 31.4 Å². The predicted octanol–water partition coefficient (Wildman–Crippen LogP) is 2.79. The molecule has 0 spiro atoms. The van der Waals surface area contributed by atoms with Gasteiger partial charge in [-0.2, -0.15) is 0 Å². The number of aliphatic hydroxyl groups is 1. The first-order valence-electron chi connectivity index (χ1n) is 7.32. The summed E-state index contributed by atoms with van der Waals surface area (Å²) in [6, 6.07) is 2.25. The summed E-state index contributed by atoms with van der Waals surface area (Å²) in [5, 5.41) is 15.6. The van der Waals surface area contributed by atoms with E-state index in [2.05, 4.69) is 16.7 Å². The number of allylic oxidation sites excluding steroid dienone is 1. The van der Waals surface area contributed by atoms with Crippen molar-refractivity contribution in [3.8, 4) is 0 Å². The molecule has 3 N–H and O–H groups in total. The number of hydrogen-bond acceptors (Lipinski definition) is 2. The third-order valence-electron chi connectivity index (χ3n) is 3.72. The number of benzene rings is 1. The highest BCUT2D eigenvalue weighted by Crippen LogP contribution is 2.19. The molecule has 0 saturated carbocycles. The van der Waals surface area contributed by atoms with E-state index in [0.29, 0.717) is 0 Å². The number of carbonyl (C=O) groups is 1. The Labute approximate surface area is 128 Å². The van der Waals surface area contributed by atoms with Crippen LogP contribution < -0.4 is 10.6 Å². The van der Waals surface area contributed by atoms with Crippen LogP contribution in [-0.4, -0.2) is 23.2 Å². The summed E-state index contributed by atoms with van der Waals surface area (Å²) in [4.78, 5) is 11.9. The van der Waals surface area contributed by atoms with E-state index in [4.69, 9.17) is 0 Å². The van der Waals surface area contributed by atoms with Crippen molar-refractivity contribution in [3.63, 3.8) is 0 Å². The van der Waals surface area contributed by atoms with Gasteiger partial charge in [0.05, 0.1) is 12.1 Å². The van der Waals surface area contributed by atoms with Crippen molar-refractivity contribution in [2.75, 3.05) is 0 Å². The van der Waals surface area contributed by atoms with Crippen molar-refractivity contribution in [1.82, 2.24) is 10.6 Å². The van der Waals surface area contributed by atoms with Gasteiger partial charge < -0.3 is 15.7 Å². The smallest absolute Gasteiger partial charge is 0.315 e. The van der Waals surface area contributed by atoms with Gasteiger partial charge in [-0.05, 0) is 43.9 Å². The van der Waals surface area contributed by atoms with E-state index in [1.54, 1.807) is 6.92 Å². The van der Waals surface area contributed by atoms with Gasteiger partial charge in [-0.1, -0.05) is 18.2 Å². The molecular formula is C16H20F2N2O2. The Morgan fingerprint density at radius 2 is 2.09 bits per heavy atom. The van der Waals surface area contributed by atoms with Crippen molar-refractivity contribution < 1.29 is 18.7 Å². The number of aliphatic hydroxyl groups excluding tert-OH is 1. The molecule has 120 valence electrons. The third kappa shape index (κ3) is 4.27. The zero-order valence-electron chi connectivity index (χ0n) is 12.4. The number of nitrogens with one attached hydrogen (secondary N) is 2. The van der Waals surface area contributed by atoms with E-state index in [1.165, 1.54) is 6.07 Å². The molecular weight excluding hydrogens is 290 g/mol. The van der Waals surface area contributed by atoms with Crippen LogP contribution in [0.3, 0.4) is 0 Å². The SMILES string of the molecule is CC(NC(=O)NC1CC=CCC1)C(O)c1ccc(F)c(F)c1. The summed E-state index contributed by atoms with van der Waals surface area (Å²) in [5.74, 6) is -2.00. The van der Waals surface area contributed by atoms with Gasteiger partial charge in [-0.25, -0.2) is 13.6 Å². The lowest BCUT2D eigenvalue weighted by molar-refractivity contribution is 0.136. The van der Waals surface area contributed by atoms with Crippen LogP contribution in [0.2, 0.25) is 0 Å². The average Bonchev–Trinajstić information content (AvgIpc) is 2.50. The molecule has 1 aliphatic carbocycles. The maximum Gasteiger partial charge on any atom is 0.315 e. The van der Waals surface area contributed by atoms with Crippen LogP contribution in [0.4, 0.5) is 13.6 Å². The lowest BCUT2D eigenvalue weighted by Crippen LogP contribution is -2.47. The lowest BCUT2D eigenvalue weighted by Gasteiger charge is -2.24. The van der Waals surface area contributed by atoms with Gasteiger partial charge >= 0.3 is 6.03 Å². The highest BCUT2D eigenvalue weighted by atomic mass is 19.2. The van der Waals surface area contributed by atoms with Crippen molar-refractivity contribution >= 4 is 6.03 Å². The fourth-order valence-electron chi connectivity index (χ4n) is 2.42. The summed E-state index contributed by atoms with van der Waals surface area (Å²) < 4.78 is 26.1. The molecule has 0 radical (unpaired) electrons. The second-order valence-electron chi connectivity index (χ2n) is 5.51. The fraction of sp³-hybridized carbons (Fsp3) is 0.438. The van der Waals surface area contributed by atoms with Crippen molar-refractivity contribution in [3.05, 3.63) is 47.5 Å². The molecule has 0 heterocycles. The first-order chi connectivity index (χ1) is 10.5. The topological polar surface area (TPSA) is 61.4 Å². The van der Waals surface area contributed by atoms with E-state index in [1.807, 2.05) is 6.08 Å². The Hall–Kier alpha value is -1.95. The summed E-state index contributed by atoms with van der Waals surface area (Å²) in [7, 11) is 0. The molecule has 0 aromatic heterocycles. The number of carbonyl (C=O) groups excluding carboxylic acids is 1. The highest BCUT2D eigenvalue weighted by molar-refractivity contribution is 5.74. The van der Waals surface area contributed by atoms with Gasteiger partial charge in [0.15, 0.2) is 11.6 Å². The number of halogens is 2. The van der Waals surface area contributed by atoms with Crippen molar-refractivity contribution in [2.45, 2.75) is 44.4 Å². The molecule has 6 heteroatoms. The number of urea groups is 1. The maximum absolute atomic E-state index is 13.2. The van der Waals surface area contributed by atoms with Gasteiger partial charge in [-0.15, -0.1) is 0 Å². The summed E-state index contributed by atoms with van der Waals surface area (Å²) in [6.45, 7) is 1.60. The molecule has 2 rings (SSSR count). The van der Waals surface area contributed by atoms with Gasteiger partial charge in [-0.3, -0.25) is 0 Å². The lowest BCUT2D eigenvalue weighted by atomic mass is 10.0. The molecule has 1 aromatic carbocycles. The van der Waals surface area contributed by atoms with Gasteiger partial charge in [0.25, 0.3) is 0 Å². The minimum absolute atomic E-state index is 0.0811. The molecule has 4 nitrogen and oxygen atoms in total. The predicted molar refractivity (Wildman–Crippen MR) is 79.2 cm³/mol. The van der Waals surface area contributed by atoms with Crippen molar-refractivity contribution in [1.29, 1.82) is 0 Å². The molecule has 1 aromatic rings. The molecule has 1 aliphatic rings. The largest absolute Gasteiger partial charge is 0.386 e. The molecule has 0 fully saturated rings. The number of amides is 2. The average molecular weight is 310 g/mol. The fourth-order valence-corrected chi connectivity index (χ4v) is 2.42. The van der Waals surface area contributed by atoms with Crippen LogP contribution in [0.15, 0.2) is 30.4 Å². The van der Waals surface area contributed by atoms with Gasteiger partial charge in [0.1, 0.15) is 0 Å². The standard InChI is InChI=1S/C16H20F2N2O2/c1-10(15(21)11-7-8-13(17)14(18)9-11)19-16(22)20-12-5-3-2-4-6-12/h2-3,7-10,12,15,21H,4-6H2,1H3,(H2,19,20,22). The van der Waals surface area contributed by atoms with E-state index >= 15 is 0 Å². The first-order valence-corrected chi connectivity index (χ1v) is 7.32. The Morgan fingerprint density at radius 3 is 2.73 bits per heavy atom.